The maximum atomic E-state index is 12.8. The molecule has 0 bridgehead atoms. The summed E-state index contributed by atoms with van der Waals surface area (Å²) < 4.78 is 27.5. The molecule has 1 aromatic heterocycles. The van der Waals surface area contributed by atoms with Gasteiger partial charge in [-0.1, -0.05) is 6.92 Å². The summed E-state index contributed by atoms with van der Waals surface area (Å²) in [7, 11) is -1.59. The fourth-order valence-corrected chi connectivity index (χ4v) is 6.50. The third-order valence-electron chi connectivity index (χ3n) is 5.21. The number of halogens is 1. The number of hydrogen-bond donors (Lipinski definition) is 1. The van der Waals surface area contributed by atoms with Gasteiger partial charge >= 0.3 is 0 Å². The van der Waals surface area contributed by atoms with Gasteiger partial charge in [0.15, 0.2) is 0 Å². The van der Waals surface area contributed by atoms with Crippen molar-refractivity contribution in [2.75, 3.05) is 33.2 Å². The maximum Gasteiger partial charge on any atom is 0.264 e. The standard InChI is InChI=1S/C17H27N3O3S2.ClH/c1-13-7-10-19(11-8-13)25(22,23)16-6-5-15(24-16)17(21)20-9-3-4-14(20)12-18-2;/h5-6,13-14,18H,3-4,7-12H2,1-2H3;1H. The normalized spacial score (nSPS) is 22.4. The van der Waals surface area contributed by atoms with Crippen molar-refractivity contribution in [1.29, 1.82) is 0 Å². The number of carbonyl (C=O) groups excluding carboxylic acids is 1. The Kier molecular flexibility index (Phi) is 7.50. The lowest BCUT2D eigenvalue weighted by molar-refractivity contribution is 0.0742. The van der Waals surface area contributed by atoms with Gasteiger partial charge in [-0.15, -0.1) is 23.7 Å². The molecule has 1 unspecified atom stereocenters. The molecule has 2 saturated heterocycles. The van der Waals surface area contributed by atoms with Gasteiger partial charge < -0.3 is 10.2 Å². The largest absolute Gasteiger partial charge is 0.334 e. The van der Waals surface area contributed by atoms with Gasteiger partial charge in [-0.3, -0.25) is 4.79 Å². The number of likely N-dealkylation sites (tertiary alicyclic amines) is 1. The SMILES string of the molecule is CNCC1CCCN1C(=O)c1ccc(S(=O)(=O)N2CCC(C)CC2)s1.Cl. The molecule has 2 aliphatic rings. The Balaban J connectivity index is 0.00000243. The lowest BCUT2D eigenvalue weighted by Crippen LogP contribution is -2.40. The van der Waals surface area contributed by atoms with Crippen LogP contribution in [-0.2, 0) is 10.0 Å². The van der Waals surface area contributed by atoms with Crippen molar-refractivity contribution in [3.05, 3.63) is 17.0 Å². The number of rotatable bonds is 5. The Hall–Kier alpha value is -0.670. The van der Waals surface area contributed by atoms with Gasteiger partial charge in [0.1, 0.15) is 4.21 Å². The quantitative estimate of drug-likeness (QED) is 0.792. The Morgan fingerprint density at radius 1 is 1.23 bits per heavy atom. The molecule has 0 radical (unpaired) electrons. The molecule has 3 heterocycles. The first-order chi connectivity index (χ1) is 11.9. The second kappa shape index (κ2) is 9.01. The van der Waals surface area contributed by atoms with Crippen LogP contribution in [0.25, 0.3) is 0 Å². The molecule has 0 saturated carbocycles. The fraction of sp³-hybridized carbons (Fsp3) is 0.706. The number of amides is 1. The molecule has 1 atom stereocenters. The van der Waals surface area contributed by atoms with Gasteiger partial charge in [0.25, 0.3) is 15.9 Å². The van der Waals surface area contributed by atoms with E-state index in [9.17, 15) is 13.2 Å². The molecule has 0 aromatic carbocycles. The van der Waals surface area contributed by atoms with Crippen LogP contribution in [-0.4, -0.2) is 62.8 Å². The average molecular weight is 422 g/mol. The molecule has 0 spiro atoms. The molecule has 6 nitrogen and oxygen atoms in total. The van der Waals surface area contributed by atoms with Crippen molar-refractivity contribution in [1.82, 2.24) is 14.5 Å². The van der Waals surface area contributed by atoms with Crippen LogP contribution in [0.4, 0.5) is 0 Å². The molecule has 2 aliphatic heterocycles. The highest BCUT2D eigenvalue weighted by molar-refractivity contribution is 7.91. The summed E-state index contributed by atoms with van der Waals surface area (Å²) in [6.07, 6.45) is 3.79. The fourth-order valence-electron chi connectivity index (χ4n) is 3.62. The zero-order chi connectivity index (χ0) is 18.0. The summed E-state index contributed by atoms with van der Waals surface area (Å²) in [6, 6.07) is 3.46. The third-order valence-corrected chi connectivity index (χ3v) is 8.65. The first-order valence-corrected chi connectivity index (χ1v) is 11.2. The van der Waals surface area contributed by atoms with Gasteiger partial charge in [-0.25, -0.2) is 8.42 Å². The third kappa shape index (κ3) is 4.42. The molecule has 1 N–H and O–H groups in total. The lowest BCUT2D eigenvalue weighted by Gasteiger charge is -2.28. The Labute approximate surface area is 166 Å². The van der Waals surface area contributed by atoms with Gasteiger partial charge in [0, 0.05) is 32.2 Å². The Bertz CT molecular complexity index is 715. The molecule has 2 fully saturated rings. The topological polar surface area (TPSA) is 69.7 Å². The van der Waals surface area contributed by atoms with E-state index in [2.05, 4.69) is 12.2 Å². The number of nitrogens with one attached hydrogen (secondary N) is 1. The van der Waals surface area contributed by atoms with E-state index in [-0.39, 0.29) is 28.6 Å². The van der Waals surface area contributed by atoms with Crippen molar-refractivity contribution in [3.63, 3.8) is 0 Å². The van der Waals surface area contributed by atoms with E-state index >= 15 is 0 Å². The van der Waals surface area contributed by atoms with Crippen LogP contribution in [0.15, 0.2) is 16.3 Å². The molecule has 1 amide bonds. The number of hydrogen-bond acceptors (Lipinski definition) is 5. The minimum atomic E-state index is -3.48. The average Bonchev–Trinajstić information content (AvgIpc) is 3.25. The Morgan fingerprint density at radius 2 is 1.92 bits per heavy atom. The minimum Gasteiger partial charge on any atom is -0.334 e. The van der Waals surface area contributed by atoms with Crippen molar-refractivity contribution in [3.8, 4) is 0 Å². The van der Waals surface area contributed by atoms with Gasteiger partial charge in [-0.2, -0.15) is 4.31 Å². The monoisotopic (exact) mass is 421 g/mol. The number of piperidine rings is 1. The summed E-state index contributed by atoms with van der Waals surface area (Å²) in [5, 5.41) is 3.13. The first kappa shape index (κ1) is 21.6. The van der Waals surface area contributed by atoms with Gasteiger partial charge in [0.2, 0.25) is 0 Å². The zero-order valence-corrected chi connectivity index (χ0v) is 17.8. The molecule has 1 aromatic rings. The second-order valence-corrected chi connectivity index (χ2v) is 10.3. The number of likely N-dealkylation sites (N-methyl/N-ethyl adjacent to an activating group) is 1. The Morgan fingerprint density at radius 3 is 2.58 bits per heavy atom. The van der Waals surface area contributed by atoms with E-state index in [0.29, 0.717) is 23.9 Å². The van der Waals surface area contributed by atoms with Crippen molar-refractivity contribution in [2.24, 2.45) is 5.92 Å². The summed E-state index contributed by atoms with van der Waals surface area (Å²) in [5.41, 5.74) is 0. The van der Waals surface area contributed by atoms with E-state index in [1.165, 1.54) is 0 Å². The maximum absolute atomic E-state index is 12.8. The molecular formula is C17H28ClN3O3S2. The van der Waals surface area contributed by atoms with Crippen LogP contribution in [0.3, 0.4) is 0 Å². The summed E-state index contributed by atoms with van der Waals surface area (Å²) >= 11 is 1.11. The highest BCUT2D eigenvalue weighted by atomic mass is 35.5. The molecular weight excluding hydrogens is 394 g/mol. The van der Waals surface area contributed by atoms with Crippen LogP contribution in [0.1, 0.15) is 42.3 Å². The van der Waals surface area contributed by atoms with Crippen LogP contribution >= 0.6 is 23.7 Å². The summed E-state index contributed by atoms with van der Waals surface area (Å²) in [4.78, 5) is 15.2. The van der Waals surface area contributed by atoms with Crippen LogP contribution in [0.5, 0.6) is 0 Å². The van der Waals surface area contributed by atoms with E-state index in [0.717, 1.165) is 50.1 Å². The van der Waals surface area contributed by atoms with Crippen molar-refractivity contribution in [2.45, 2.75) is 42.9 Å². The van der Waals surface area contributed by atoms with Gasteiger partial charge in [0.05, 0.1) is 4.88 Å². The predicted octanol–water partition coefficient (Wildman–Crippen LogP) is 2.41. The van der Waals surface area contributed by atoms with Crippen molar-refractivity contribution >= 4 is 39.7 Å². The van der Waals surface area contributed by atoms with Crippen molar-refractivity contribution < 1.29 is 13.2 Å². The van der Waals surface area contributed by atoms with Crippen LogP contribution < -0.4 is 5.32 Å². The van der Waals surface area contributed by atoms with E-state index in [4.69, 9.17) is 0 Å². The highest BCUT2D eigenvalue weighted by Gasteiger charge is 2.33. The minimum absolute atomic E-state index is 0. The highest BCUT2D eigenvalue weighted by Crippen LogP contribution is 2.30. The van der Waals surface area contributed by atoms with E-state index in [1.807, 2.05) is 11.9 Å². The van der Waals surface area contributed by atoms with Gasteiger partial charge in [-0.05, 0) is 50.8 Å². The number of nitrogens with zero attached hydrogens (tertiary/aromatic N) is 2. The molecule has 148 valence electrons. The van der Waals surface area contributed by atoms with E-state index < -0.39 is 10.0 Å². The lowest BCUT2D eigenvalue weighted by atomic mass is 10.0. The summed E-state index contributed by atoms with van der Waals surface area (Å²) in [6.45, 7) is 4.81. The first-order valence-electron chi connectivity index (χ1n) is 8.99. The molecule has 0 aliphatic carbocycles. The predicted molar refractivity (Wildman–Crippen MR) is 107 cm³/mol. The number of thiophene rings is 1. The second-order valence-electron chi connectivity index (χ2n) is 7.06. The molecule has 3 rings (SSSR count). The van der Waals surface area contributed by atoms with Crippen LogP contribution in [0, 0.1) is 5.92 Å². The number of sulfonamides is 1. The van der Waals surface area contributed by atoms with Crippen LogP contribution in [0.2, 0.25) is 0 Å². The molecule has 9 heteroatoms. The summed E-state index contributed by atoms with van der Waals surface area (Å²) in [5.74, 6) is 0.530. The number of carbonyl (C=O) groups is 1. The smallest absolute Gasteiger partial charge is 0.264 e. The van der Waals surface area contributed by atoms with E-state index in [1.54, 1.807) is 16.4 Å². The zero-order valence-electron chi connectivity index (χ0n) is 15.3. The molecule has 26 heavy (non-hydrogen) atoms.